The second-order valence-electron chi connectivity index (χ2n) is 0.574. The zero-order valence-electron chi connectivity index (χ0n) is 3.07. The first-order valence-electron chi connectivity index (χ1n) is 1.15. The summed E-state index contributed by atoms with van der Waals surface area (Å²) in [6, 6.07) is 0. The van der Waals surface area contributed by atoms with Gasteiger partial charge in [0.2, 0.25) is 0 Å². The molecule has 0 saturated carbocycles. The summed E-state index contributed by atoms with van der Waals surface area (Å²) in [5.74, 6) is 0. The van der Waals surface area contributed by atoms with Gasteiger partial charge in [-0.3, -0.25) is 0 Å². The average Bonchev–Trinajstić information content (AvgIpc) is 1.65. The molecular formula is CH2S6. The van der Waals surface area contributed by atoms with E-state index in [-0.39, 0.29) is 8.49 Å². The molecule has 0 aromatic rings. The molecule has 0 amide bonds. The van der Waals surface area contributed by atoms with Gasteiger partial charge in [-0.05, 0) is 30.9 Å². The largest absolute Gasteiger partial charge is 0.0955 e. The van der Waals surface area contributed by atoms with Crippen LogP contribution < -0.4 is 0 Å². The Morgan fingerprint density at radius 1 is 1.43 bits per heavy atom. The minimum atomic E-state index is -0.400. The summed E-state index contributed by atoms with van der Waals surface area (Å²) in [5.41, 5.74) is 0. The lowest BCUT2D eigenvalue weighted by Crippen LogP contribution is -1.85. The second-order valence-corrected chi connectivity index (χ2v) is 10.3. The van der Waals surface area contributed by atoms with Crippen molar-refractivity contribution in [3.05, 3.63) is 0 Å². The predicted octanol–water partition coefficient (Wildman–Crippen LogP) is 0.864. The highest BCUT2D eigenvalue weighted by Crippen LogP contribution is 1.93. The van der Waals surface area contributed by atoms with Crippen molar-refractivity contribution < 1.29 is 0 Å². The Morgan fingerprint density at radius 2 is 1.86 bits per heavy atom. The third-order valence-electron chi connectivity index (χ3n) is 0.219. The van der Waals surface area contributed by atoms with Crippen LogP contribution in [-0.4, -0.2) is 4.70 Å². The van der Waals surface area contributed by atoms with Crippen LogP contribution in [0.3, 0.4) is 0 Å². The highest BCUT2D eigenvalue weighted by molar-refractivity contribution is 9.13. The van der Waals surface area contributed by atoms with Crippen molar-refractivity contribution in [3.8, 4) is 0 Å². The number of hydrogen-bond acceptors (Lipinski definition) is 3. The highest BCUT2D eigenvalue weighted by Gasteiger charge is 1.85. The van der Waals surface area contributed by atoms with E-state index in [1.807, 2.05) is 0 Å². The molecule has 0 bridgehead atoms. The van der Waals surface area contributed by atoms with Crippen LogP contribution >= 0.6 is 23.9 Å². The molecule has 0 fully saturated rings. The molecule has 0 aromatic carbocycles. The zero-order valence-corrected chi connectivity index (χ0v) is 8.04. The molecule has 0 radical (unpaired) electrons. The van der Waals surface area contributed by atoms with Crippen molar-refractivity contribution in [1.29, 1.82) is 0 Å². The maximum atomic E-state index is 4.76. The van der Waals surface area contributed by atoms with Crippen molar-refractivity contribution in [2.45, 2.75) is 0 Å². The fourth-order valence-corrected chi connectivity index (χ4v) is 2.72. The molecule has 0 saturated heterocycles. The van der Waals surface area contributed by atoms with Crippen molar-refractivity contribution in [1.82, 2.24) is 0 Å². The first-order valence-corrected chi connectivity index (χ1v) is 7.56. The zero-order chi connectivity index (χ0) is 5.86. The molecule has 0 heterocycles. The second kappa shape index (κ2) is 4.46. The average molecular weight is 206 g/mol. The van der Waals surface area contributed by atoms with Gasteiger partial charge >= 0.3 is 0 Å². The fraction of sp³-hybridized carbons (Fsp3) is 0. The Morgan fingerprint density at radius 3 is 1.86 bits per heavy atom. The lowest BCUT2D eigenvalue weighted by molar-refractivity contribution is 4.43. The number of hydrogen-bond donors (Lipinski definition) is 1. The standard InChI is InChI=1S/CH2S6/c2-1-6(3)7(4)5/h1H,(H,4,5). The molecule has 0 aromatic heterocycles. The van der Waals surface area contributed by atoms with Gasteiger partial charge in [0.05, 0.1) is 4.70 Å². The van der Waals surface area contributed by atoms with Gasteiger partial charge in [-0.2, -0.15) is 0 Å². The third-order valence-corrected chi connectivity index (χ3v) is 9.06. The van der Waals surface area contributed by atoms with Crippen LogP contribution in [0.4, 0.5) is 0 Å². The summed E-state index contributed by atoms with van der Waals surface area (Å²) in [6.45, 7) is 0. The van der Waals surface area contributed by atoms with Crippen LogP contribution in [0.15, 0.2) is 0 Å². The fourth-order valence-electron chi connectivity index (χ4n) is 0.0336. The Labute approximate surface area is 66.5 Å². The van der Waals surface area contributed by atoms with Crippen molar-refractivity contribution in [2.75, 3.05) is 0 Å². The first-order chi connectivity index (χ1) is 3.18. The Balaban J connectivity index is 3.81. The molecule has 0 spiro atoms. The van der Waals surface area contributed by atoms with Gasteiger partial charge < -0.3 is 0 Å². The van der Waals surface area contributed by atoms with Gasteiger partial charge in [0.15, 0.2) is 0 Å². The van der Waals surface area contributed by atoms with Gasteiger partial charge in [0, 0.05) is 7.52 Å². The van der Waals surface area contributed by atoms with Crippen LogP contribution in [-0.2, 0) is 38.4 Å². The van der Waals surface area contributed by atoms with E-state index in [0.29, 0.717) is 0 Å². The van der Waals surface area contributed by atoms with Gasteiger partial charge in [0.25, 0.3) is 0 Å². The topological polar surface area (TPSA) is 0 Å². The summed E-state index contributed by atoms with van der Waals surface area (Å²) < 4.78 is 1.50. The van der Waals surface area contributed by atoms with E-state index in [0.717, 1.165) is 0 Å². The lowest BCUT2D eigenvalue weighted by atomic mass is 11.9. The molecule has 0 aliphatic heterocycles. The van der Waals surface area contributed by atoms with Gasteiger partial charge in [-0.15, -0.1) is 0 Å². The summed E-state index contributed by atoms with van der Waals surface area (Å²) in [7, 11) is -0.748. The van der Waals surface area contributed by atoms with E-state index in [1.165, 1.54) is 4.70 Å². The van der Waals surface area contributed by atoms with Crippen LogP contribution in [0.1, 0.15) is 0 Å². The van der Waals surface area contributed by atoms with E-state index in [2.05, 4.69) is 23.9 Å². The van der Waals surface area contributed by atoms with Crippen LogP contribution in [0.5, 0.6) is 0 Å². The van der Waals surface area contributed by atoms with Crippen LogP contribution in [0, 0.1) is 0 Å². The molecule has 42 valence electrons. The molecule has 6 heteroatoms. The minimum Gasteiger partial charge on any atom is -0.0955 e. The Kier molecular flexibility index (Phi) is 5.46. The molecule has 2 atom stereocenters. The Hall–Kier alpha value is 1.58. The quantitative estimate of drug-likeness (QED) is 0.405. The maximum absolute atomic E-state index is 4.76. The summed E-state index contributed by atoms with van der Waals surface area (Å²) in [4.78, 5) is 0. The number of thiol groups is 1. The normalized spacial score (nSPS) is 17.9. The smallest absolute Gasteiger partial charge is 0.0501 e. The summed E-state index contributed by atoms with van der Waals surface area (Å²) in [5, 5.41) is 0. The third kappa shape index (κ3) is 4.11. The Bertz CT molecular complexity index is 111. The van der Waals surface area contributed by atoms with E-state index >= 15 is 0 Å². The van der Waals surface area contributed by atoms with E-state index < -0.39 is 7.52 Å². The molecule has 2 unspecified atom stereocenters. The van der Waals surface area contributed by atoms with E-state index in [4.69, 9.17) is 22.4 Å². The van der Waals surface area contributed by atoms with Gasteiger partial charge in [-0.25, -0.2) is 0 Å². The van der Waals surface area contributed by atoms with Gasteiger partial charge in [0.1, 0.15) is 0 Å². The lowest BCUT2D eigenvalue weighted by Gasteiger charge is -1.87. The number of thiocarbonyl (C=S) groups is 1. The van der Waals surface area contributed by atoms with Crippen molar-refractivity contribution in [2.24, 2.45) is 0 Å². The molecule has 0 N–H and O–H groups in total. The molecule has 7 heavy (non-hydrogen) atoms. The molecule has 0 aliphatic carbocycles. The molecule has 0 rings (SSSR count). The van der Waals surface area contributed by atoms with Crippen molar-refractivity contribution in [3.63, 3.8) is 0 Å². The monoisotopic (exact) mass is 206 g/mol. The van der Waals surface area contributed by atoms with E-state index in [1.54, 1.807) is 0 Å². The highest BCUT2D eigenvalue weighted by atomic mass is 33.7. The maximum Gasteiger partial charge on any atom is 0.0501 e. The van der Waals surface area contributed by atoms with Gasteiger partial charge in [-0.1, -0.05) is 23.9 Å². The summed E-state index contributed by atoms with van der Waals surface area (Å²) in [6.07, 6.45) is 0. The SMILES string of the molecule is S=CS(=S)S(=S)S. The summed E-state index contributed by atoms with van der Waals surface area (Å²) >= 11 is 17.9. The van der Waals surface area contributed by atoms with Crippen LogP contribution in [0.2, 0.25) is 0 Å². The molecular weight excluding hydrogens is 204 g/mol. The van der Waals surface area contributed by atoms with Crippen molar-refractivity contribution >= 4 is 67.0 Å². The predicted molar refractivity (Wildman–Crippen MR) is 52.1 cm³/mol. The minimum absolute atomic E-state index is 0.349. The number of rotatable bonds is 2. The van der Waals surface area contributed by atoms with Crippen LogP contribution in [0.25, 0.3) is 0 Å². The van der Waals surface area contributed by atoms with E-state index in [9.17, 15) is 0 Å². The first kappa shape index (κ1) is 8.58. The molecule has 0 nitrogen and oxygen atoms in total. The molecule has 0 aliphatic rings.